The van der Waals surface area contributed by atoms with Gasteiger partial charge in [-0.2, -0.15) is 17.5 Å². The van der Waals surface area contributed by atoms with Gasteiger partial charge in [0.25, 0.3) is 5.69 Å². The van der Waals surface area contributed by atoms with Crippen LogP contribution in [-0.4, -0.2) is 48.8 Å². The summed E-state index contributed by atoms with van der Waals surface area (Å²) in [5, 5.41) is 10.7. The van der Waals surface area contributed by atoms with Gasteiger partial charge in [-0.25, -0.2) is 13.4 Å². The van der Waals surface area contributed by atoms with Gasteiger partial charge >= 0.3 is 6.18 Å². The largest absolute Gasteiger partial charge is 0.416 e. The van der Waals surface area contributed by atoms with Crippen molar-refractivity contribution >= 4 is 21.5 Å². The van der Waals surface area contributed by atoms with E-state index in [1.807, 2.05) is 0 Å². The molecule has 2 aromatic rings. The molecule has 0 bridgehead atoms. The molecular weight excluding hydrogens is 401 g/mol. The van der Waals surface area contributed by atoms with Gasteiger partial charge in [-0.15, -0.1) is 0 Å². The van der Waals surface area contributed by atoms with Crippen molar-refractivity contribution in [1.29, 1.82) is 0 Å². The van der Waals surface area contributed by atoms with Crippen molar-refractivity contribution in [2.24, 2.45) is 0 Å². The Hall–Kier alpha value is -2.73. The highest BCUT2D eigenvalue weighted by Gasteiger charge is 2.34. The predicted octanol–water partition coefficient (Wildman–Crippen LogP) is 2.52. The zero-order valence-electron chi connectivity index (χ0n) is 14.3. The number of alkyl halides is 3. The summed E-state index contributed by atoms with van der Waals surface area (Å²) in [4.78, 5) is 15.4. The molecule has 0 amide bonds. The molecular formula is C16H15F3N4O4S. The topological polar surface area (TPSA) is 96.6 Å². The summed E-state index contributed by atoms with van der Waals surface area (Å²) in [5.41, 5.74) is -1.18. The van der Waals surface area contributed by atoms with Crippen LogP contribution in [0.2, 0.25) is 0 Å². The smallest absolute Gasteiger partial charge is 0.354 e. The van der Waals surface area contributed by atoms with E-state index in [9.17, 15) is 31.7 Å². The first-order chi connectivity index (χ1) is 13.1. The van der Waals surface area contributed by atoms with E-state index in [1.54, 1.807) is 4.90 Å². The average Bonchev–Trinajstić information content (AvgIpc) is 2.67. The molecule has 3 rings (SSSR count). The lowest BCUT2D eigenvalue weighted by molar-refractivity contribution is -0.385. The highest BCUT2D eigenvalue weighted by Crippen LogP contribution is 2.31. The summed E-state index contributed by atoms with van der Waals surface area (Å²) < 4.78 is 65.0. The molecule has 1 aromatic heterocycles. The third kappa shape index (κ3) is 4.07. The van der Waals surface area contributed by atoms with Gasteiger partial charge in [0.2, 0.25) is 10.0 Å². The second-order valence-electron chi connectivity index (χ2n) is 6.05. The van der Waals surface area contributed by atoms with Gasteiger partial charge in [0.05, 0.1) is 15.4 Å². The molecule has 0 unspecified atom stereocenters. The summed E-state index contributed by atoms with van der Waals surface area (Å²) >= 11 is 0. The molecule has 0 atom stereocenters. The van der Waals surface area contributed by atoms with Crippen molar-refractivity contribution in [2.75, 3.05) is 31.1 Å². The van der Waals surface area contributed by atoms with Crippen molar-refractivity contribution in [3.63, 3.8) is 0 Å². The zero-order chi connectivity index (χ0) is 20.5. The first-order valence-electron chi connectivity index (χ1n) is 8.12. The molecule has 150 valence electrons. The summed E-state index contributed by atoms with van der Waals surface area (Å²) in [7, 11) is -4.07. The maximum atomic E-state index is 12.9. The Morgan fingerprint density at radius 1 is 1.07 bits per heavy atom. The Kier molecular flexibility index (Phi) is 5.26. The number of pyridine rings is 1. The number of nitrogens with zero attached hydrogens (tertiary/aromatic N) is 4. The Labute approximate surface area is 158 Å². The molecule has 0 aliphatic carbocycles. The van der Waals surface area contributed by atoms with Gasteiger partial charge in [0.15, 0.2) is 0 Å². The minimum Gasteiger partial charge on any atom is -0.354 e. The van der Waals surface area contributed by atoms with Gasteiger partial charge < -0.3 is 4.90 Å². The summed E-state index contributed by atoms with van der Waals surface area (Å²) in [6, 6.07) is 6.40. The van der Waals surface area contributed by atoms with Crippen LogP contribution in [0, 0.1) is 10.1 Å². The Morgan fingerprint density at radius 2 is 1.75 bits per heavy atom. The highest BCUT2D eigenvalue weighted by atomic mass is 32.2. The number of benzene rings is 1. The molecule has 1 fully saturated rings. The SMILES string of the molecule is O=[N+]([O-])c1ccc(N2CCN(S(=O)(=O)c3cccc(C(F)(F)F)c3)CC2)nc1. The molecule has 1 aliphatic heterocycles. The van der Waals surface area contributed by atoms with Crippen molar-refractivity contribution in [3.8, 4) is 0 Å². The van der Waals surface area contributed by atoms with Crippen LogP contribution in [-0.2, 0) is 16.2 Å². The molecule has 1 aliphatic rings. The van der Waals surface area contributed by atoms with E-state index in [4.69, 9.17) is 0 Å². The van der Waals surface area contributed by atoms with Crippen LogP contribution in [0.5, 0.6) is 0 Å². The average molecular weight is 416 g/mol. The van der Waals surface area contributed by atoms with Crippen molar-refractivity contribution < 1.29 is 26.5 Å². The number of piperazine rings is 1. The van der Waals surface area contributed by atoms with Crippen molar-refractivity contribution in [3.05, 3.63) is 58.3 Å². The number of sulfonamides is 1. The van der Waals surface area contributed by atoms with E-state index in [0.29, 0.717) is 11.9 Å². The summed E-state index contributed by atoms with van der Waals surface area (Å²) in [6.45, 7) is 0.612. The fourth-order valence-electron chi connectivity index (χ4n) is 2.81. The van der Waals surface area contributed by atoms with E-state index in [0.717, 1.165) is 28.7 Å². The molecule has 28 heavy (non-hydrogen) atoms. The van der Waals surface area contributed by atoms with Crippen LogP contribution in [0.1, 0.15) is 5.56 Å². The molecule has 2 heterocycles. The van der Waals surface area contributed by atoms with Gasteiger partial charge in [0.1, 0.15) is 12.0 Å². The minimum atomic E-state index is -4.63. The molecule has 8 nitrogen and oxygen atoms in total. The van der Waals surface area contributed by atoms with Crippen molar-refractivity contribution in [1.82, 2.24) is 9.29 Å². The molecule has 0 spiro atoms. The molecule has 1 saturated heterocycles. The first kappa shape index (κ1) is 20.0. The van der Waals surface area contributed by atoms with Crippen LogP contribution in [0.3, 0.4) is 0 Å². The minimum absolute atomic E-state index is 0.0528. The van der Waals surface area contributed by atoms with Crippen LogP contribution >= 0.6 is 0 Å². The number of hydrogen-bond acceptors (Lipinski definition) is 6. The third-order valence-electron chi connectivity index (χ3n) is 4.30. The van der Waals surface area contributed by atoms with Gasteiger partial charge in [-0.05, 0) is 24.3 Å². The number of rotatable bonds is 4. The normalized spacial score (nSPS) is 16.2. The lowest BCUT2D eigenvalue weighted by atomic mass is 10.2. The lowest BCUT2D eigenvalue weighted by Gasteiger charge is -2.34. The lowest BCUT2D eigenvalue weighted by Crippen LogP contribution is -2.48. The van der Waals surface area contributed by atoms with Crippen LogP contribution in [0.25, 0.3) is 0 Å². The summed E-state index contributed by atoms with van der Waals surface area (Å²) in [5.74, 6) is 0.460. The molecule has 0 saturated carbocycles. The number of hydrogen-bond donors (Lipinski definition) is 0. The number of anilines is 1. The van der Waals surface area contributed by atoms with Gasteiger partial charge in [-0.3, -0.25) is 10.1 Å². The van der Waals surface area contributed by atoms with Crippen molar-refractivity contribution in [2.45, 2.75) is 11.1 Å². The Balaban J connectivity index is 1.72. The number of halogens is 3. The predicted molar refractivity (Wildman–Crippen MR) is 93.3 cm³/mol. The maximum Gasteiger partial charge on any atom is 0.416 e. The fraction of sp³-hybridized carbons (Fsp3) is 0.312. The molecule has 0 N–H and O–H groups in total. The zero-order valence-corrected chi connectivity index (χ0v) is 15.2. The second-order valence-corrected chi connectivity index (χ2v) is 7.99. The van der Waals surface area contributed by atoms with E-state index >= 15 is 0 Å². The molecule has 12 heteroatoms. The highest BCUT2D eigenvalue weighted by molar-refractivity contribution is 7.89. The first-order valence-corrected chi connectivity index (χ1v) is 9.56. The molecule has 0 radical (unpaired) electrons. The van der Waals surface area contributed by atoms with Crippen LogP contribution in [0.15, 0.2) is 47.5 Å². The fourth-order valence-corrected chi connectivity index (χ4v) is 4.28. The van der Waals surface area contributed by atoms with Crippen LogP contribution in [0.4, 0.5) is 24.7 Å². The number of nitro groups is 1. The second kappa shape index (κ2) is 7.36. The maximum absolute atomic E-state index is 12.9. The van der Waals surface area contributed by atoms with Gasteiger partial charge in [-0.1, -0.05) is 6.07 Å². The van der Waals surface area contributed by atoms with E-state index in [-0.39, 0.29) is 31.9 Å². The number of aromatic nitrogens is 1. The van der Waals surface area contributed by atoms with Crippen LogP contribution < -0.4 is 4.90 Å². The summed E-state index contributed by atoms with van der Waals surface area (Å²) in [6.07, 6.45) is -3.52. The van der Waals surface area contributed by atoms with E-state index < -0.39 is 31.6 Å². The standard InChI is InChI=1S/C16H15F3N4O4S/c17-16(18,19)12-2-1-3-14(10-12)28(26,27)22-8-6-21(7-9-22)15-5-4-13(11-20-15)23(24)25/h1-5,10-11H,6-9H2. The van der Waals surface area contributed by atoms with E-state index in [1.165, 1.54) is 12.1 Å². The van der Waals surface area contributed by atoms with E-state index in [2.05, 4.69) is 4.98 Å². The van der Waals surface area contributed by atoms with Gasteiger partial charge in [0, 0.05) is 32.2 Å². The molecule has 1 aromatic carbocycles. The Bertz CT molecular complexity index is 972. The Morgan fingerprint density at radius 3 is 2.29 bits per heavy atom. The third-order valence-corrected chi connectivity index (χ3v) is 6.20. The monoisotopic (exact) mass is 416 g/mol. The quantitative estimate of drug-likeness (QED) is 0.561.